The molecule has 1 aliphatic rings. The molecule has 0 unspecified atom stereocenters. The molecule has 0 atom stereocenters. The summed E-state index contributed by atoms with van der Waals surface area (Å²) in [6.45, 7) is 4.53. The highest BCUT2D eigenvalue weighted by atomic mass is 32.1. The number of hydrogen-bond donors (Lipinski definition) is 1. The average molecular weight is 473 g/mol. The highest BCUT2D eigenvalue weighted by Gasteiger charge is 2.33. The van der Waals surface area contributed by atoms with Gasteiger partial charge in [-0.2, -0.15) is 0 Å². The molecule has 1 amide bonds. The highest BCUT2D eigenvalue weighted by Crippen LogP contribution is 2.28. The molecule has 1 N–H and O–H groups in total. The summed E-state index contributed by atoms with van der Waals surface area (Å²) in [6, 6.07) is 21.6. The fourth-order valence-electron chi connectivity index (χ4n) is 3.93. The van der Waals surface area contributed by atoms with Crippen LogP contribution in [0, 0.1) is 0 Å². The number of rotatable bonds is 8. The third-order valence-electron chi connectivity index (χ3n) is 5.83. The number of amides is 1. The first-order valence-electron chi connectivity index (χ1n) is 11.4. The standard InChI is InChI=1S/C28H28N2O3S/c1-4-19-10-13-23(14-11-19)33-18-22-16-20(12-15-26(22)32-3)17-24-27(31)30(28(34)29-24)25-9-7-6-8-21(25)5-2/h6-17H,4-5,18H2,1-3H3,(H,29,34)/b24-17+. The summed E-state index contributed by atoms with van der Waals surface area (Å²) in [5, 5.41) is 3.45. The average Bonchev–Trinajstić information content (AvgIpc) is 3.15. The molecule has 0 aliphatic carbocycles. The molecule has 1 saturated heterocycles. The van der Waals surface area contributed by atoms with Gasteiger partial charge in [-0.1, -0.05) is 50.2 Å². The molecule has 0 saturated carbocycles. The first kappa shape index (κ1) is 23.5. The van der Waals surface area contributed by atoms with Crippen molar-refractivity contribution >= 4 is 35.0 Å². The van der Waals surface area contributed by atoms with Crippen LogP contribution in [0.5, 0.6) is 11.5 Å². The third-order valence-corrected chi connectivity index (χ3v) is 6.12. The summed E-state index contributed by atoms with van der Waals surface area (Å²) in [4.78, 5) is 14.8. The van der Waals surface area contributed by atoms with E-state index in [0.29, 0.717) is 17.4 Å². The van der Waals surface area contributed by atoms with Crippen LogP contribution in [0.4, 0.5) is 5.69 Å². The van der Waals surface area contributed by atoms with E-state index in [2.05, 4.69) is 31.3 Å². The summed E-state index contributed by atoms with van der Waals surface area (Å²) >= 11 is 5.49. The minimum absolute atomic E-state index is 0.171. The second-order valence-electron chi connectivity index (χ2n) is 7.97. The predicted octanol–water partition coefficient (Wildman–Crippen LogP) is 5.66. The van der Waals surface area contributed by atoms with Gasteiger partial charge in [0.1, 0.15) is 23.8 Å². The van der Waals surface area contributed by atoms with Gasteiger partial charge in [0.15, 0.2) is 5.11 Å². The first-order chi connectivity index (χ1) is 16.5. The van der Waals surface area contributed by atoms with E-state index in [4.69, 9.17) is 21.7 Å². The second-order valence-corrected chi connectivity index (χ2v) is 8.36. The zero-order valence-electron chi connectivity index (χ0n) is 19.6. The van der Waals surface area contributed by atoms with E-state index in [9.17, 15) is 4.79 Å². The molecule has 5 nitrogen and oxygen atoms in total. The number of hydrogen-bond acceptors (Lipinski definition) is 4. The molecule has 0 radical (unpaired) electrons. The number of nitrogens with one attached hydrogen (secondary N) is 1. The van der Waals surface area contributed by atoms with Gasteiger partial charge in [-0.05, 0) is 78.2 Å². The lowest BCUT2D eigenvalue weighted by Crippen LogP contribution is -2.31. The Morgan fingerprint density at radius 3 is 2.44 bits per heavy atom. The van der Waals surface area contributed by atoms with E-state index in [1.165, 1.54) is 5.56 Å². The Labute approximate surface area is 206 Å². The molecule has 0 spiro atoms. The number of carbonyl (C=O) groups is 1. The van der Waals surface area contributed by atoms with Crippen LogP contribution in [0.15, 0.2) is 72.4 Å². The third kappa shape index (κ3) is 4.97. The minimum atomic E-state index is -0.171. The Balaban J connectivity index is 1.56. The summed E-state index contributed by atoms with van der Waals surface area (Å²) < 4.78 is 11.5. The van der Waals surface area contributed by atoms with Gasteiger partial charge in [0.25, 0.3) is 5.91 Å². The van der Waals surface area contributed by atoms with Crippen LogP contribution in [-0.4, -0.2) is 18.1 Å². The number of para-hydroxylation sites is 1. The van der Waals surface area contributed by atoms with Crippen molar-refractivity contribution in [1.29, 1.82) is 0 Å². The molecule has 0 aromatic heterocycles. The highest BCUT2D eigenvalue weighted by molar-refractivity contribution is 7.80. The Morgan fingerprint density at radius 2 is 1.74 bits per heavy atom. The smallest absolute Gasteiger partial charge is 0.281 e. The molecule has 1 fully saturated rings. The van der Waals surface area contributed by atoms with E-state index in [-0.39, 0.29) is 5.91 Å². The summed E-state index contributed by atoms with van der Waals surface area (Å²) in [7, 11) is 1.64. The van der Waals surface area contributed by atoms with Gasteiger partial charge < -0.3 is 14.8 Å². The Morgan fingerprint density at radius 1 is 0.971 bits per heavy atom. The summed E-state index contributed by atoms with van der Waals surface area (Å²) in [6.07, 6.45) is 3.61. The fourth-order valence-corrected chi connectivity index (χ4v) is 4.22. The monoisotopic (exact) mass is 472 g/mol. The normalized spacial score (nSPS) is 14.4. The van der Waals surface area contributed by atoms with Crippen molar-refractivity contribution in [3.8, 4) is 11.5 Å². The molecule has 3 aromatic carbocycles. The number of ether oxygens (including phenoxy) is 2. The summed E-state index contributed by atoms with van der Waals surface area (Å²) in [5.74, 6) is 1.36. The van der Waals surface area contributed by atoms with Crippen LogP contribution in [0.1, 0.15) is 36.1 Å². The number of methoxy groups -OCH3 is 1. The number of carbonyl (C=O) groups excluding carboxylic acids is 1. The van der Waals surface area contributed by atoms with Crippen molar-refractivity contribution in [2.75, 3.05) is 12.0 Å². The van der Waals surface area contributed by atoms with Crippen molar-refractivity contribution in [2.45, 2.75) is 33.3 Å². The van der Waals surface area contributed by atoms with Crippen molar-refractivity contribution in [3.63, 3.8) is 0 Å². The molecular formula is C28H28N2O3S. The van der Waals surface area contributed by atoms with Crippen molar-refractivity contribution < 1.29 is 14.3 Å². The van der Waals surface area contributed by atoms with Crippen molar-refractivity contribution in [3.05, 3.63) is 94.7 Å². The quantitative estimate of drug-likeness (QED) is 0.339. The number of aryl methyl sites for hydroxylation is 2. The van der Waals surface area contributed by atoms with E-state index >= 15 is 0 Å². The van der Waals surface area contributed by atoms with Gasteiger partial charge in [0.05, 0.1) is 12.8 Å². The molecule has 6 heteroatoms. The number of thiocarbonyl (C=S) groups is 1. The van der Waals surface area contributed by atoms with E-state index in [1.807, 2.05) is 60.7 Å². The maximum absolute atomic E-state index is 13.2. The Hall–Kier alpha value is -3.64. The molecule has 174 valence electrons. The molecule has 3 aromatic rings. The fraction of sp³-hybridized carbons (Fsp3) is 0.214. The van der Waals surface area contributed by atoms with Crippen LogP contribution in [0.2, 0.25) is 0 Å². The van der Waals surface area contributed by atoms with E-state index < -0.39 is 0 Å². The summed E-state index contributed by atoms with van der Waals surface area (Å²) in [5.41, 5.74) is 5.32. The topological polar surface area (TPSA) is 50.8 Å². The van der Waals surface area contributed by atoms with Gasteiger partial charge in [-0.15, -0.1) is 0 Å². The van der Waals surface area contributed by atoms with Crippen molar-refractivity contribution in [1.82, 2.24) is 5.32 Å². The molecule has 1 heterocycles. The van der Waals surface area contributed by atoms with Crippen LogP contribution in [-0.2, 0) is 24.2 Å². The molecule has 0 bridgehead atoms. The molecular weight excluding hydrogens is 444 g/mol. The lowest BCUT2D eigenvalue weighted by Gasteiger charge is -2.17. The maximum Gasteiger partial charge on any atom is 0.281 e. The molecule has 4 rings (SSSR count). The zero-order chi connectivity index (χ0) is 24.1. The van der Waals surface area contributed by atoms with Crippen molar-refractivity contribution in [2.24, 2.45) is 0 Å². The van der Waals surface area contributed by atoms with Gasteiger partial charge >= 0.3 is 0 Å². The Bertz CT molecular complexity index is 1230. The maximum atomic E-state index is 13.2. The number of anilines is 1. The van der Waals surface area contributed by atoms with Gasteiger partial charge in [-0.3, -0.25) is 9.69 Å². The molecule has 1 aliphatic heterocycles. The van der Waals surface area contributed by atoms with E-state index in [1.54, 1.807) is 12.0 Å². The SMILES string of the molecule is CCc1ccc(OCc2cc(/C=C3/NC(=S)N(c4ccccc4CC)C3=O)ccc2OC)cc1. The van der Waals surface area contributed by atoms with Gasteiger partial charge in [0, 0.05) is 5.56 Å². The van der Waals surface area contributed by atoms with Crippen LogP contribution in [0.3, 0.4) is 0 Å². The van der Waals surface area contributed by atoms with Crippen LogP contribution < -0.4 is 19.7 Å². The number of nitrogens with zero attached hydrogens (tertiary/aromatic N) is 1. The van der Waals surface area contributed by atoms with Gasteiger partial charge in [0.2, 0.25) is 0 Å². The first-order valence-corrected chi connectivity index (χ1v) is 11.8. The van der Waals surface area contributed by atoms with Gasteiger partial charge in [-0.25, -0.2) is 0 Å². The minimum Gasteiger partial charge on any atom is -0.496 e. The lowest BCUT2D eigenvalue weighted by molar-refractivity contribution is -0.113. The number of benzene rings is 3. The van der Waals surface area contributed by atoms with E-state index in [0.717, 1.165) is 46.7 Å². The second kappa shape index (κ2) is 10.5. The Kier molecular flexibility index (Phi) is 7.28. The predicted molar refractivity (Wildman–Crippen MR) is 140 cm³/mol. The van der Waals surface area contributed by atoms with Crippen LogP contribution in [0.25, 0.3) is 6.08 Å². The largest absolute Gasteiger partial charge is 0.496 e. The molecule has 34 heavy (non-hydrogen) atoms. The zero-order valence-corrected chi connectivity index (χ0v) is 20.4. The van der Waals surface area contributed by atoms with Crippen LogP contribution >= 0.6 is 12.2 Å². The lowest BCUT2D eigenvalue weighted by atomic mass is 10.1.